The zero-order valence-electron chi connectivity index (χ0n) is 14.3. The van der Waals surface area contributed by atoms with Gasteiger partial charge in [0.2, 0.25) is 0 Å². The van der Waals surface area contributed by atoms with E-state index >= 15 is 0 Å². The summed E-state index contributed by atoms with van der Waals surface area (Å²) in [6.07, 6.45) is 11.8. The van der Waals surface area contributed by atoms with Gasteiger partial charge in [0.1, 0.15) is 0 Å². The molecule has 23 heavy (non-hydrogen) atoms. The molecular formula is C20H28O3. The van der Waals surface area contributed by atoms with Gasteiger partial charge in [-0.05, 0) is 60.7 Å². The number of allylic oxidation sites excluding steroid dienone is 4. The van der Waals surface area contributed by atoms with Crippen molar-refractivity contribution in [3.05, 3.63) is 35.6 Å². The number of fused-ring (bicyclic) bond motifs is 5. The maximum atomic E-state index is 10.5. The van der Waals surface area contributed by atoms with Crippen molar-refractivity contribution in [1.82, 2.24) is 0 Å². The summed E-state index contributed by atoms with van der Waals surface area (Å²) >= 11 is 0. The minimum absolute atomic E-state index is 0.0221. The van der Waals surface area contributed by atoms with Crippen molar-refractivity contribution in [3.8, 4) is 0 Å². The van der Waals surface area contributed by atoms with E-state index in [4.69, 9.17) is 4.74 Å². The standard InChI is InChI=1S/C20H28O3/c1-19-8-6-13(21)10-12(19)11-16(23-3)18-14-4-5-17(22)20(14,2)9-7-15(18)19/h6,8,10-11,13-15,17-18,21-22H,4-5,7,9H2,1-3H3/t13?,14-,15+,17?,18-,19-,20-/m0/s1. The van der Waals surface area contributed by atoms with Crippen LogP contribution >= 0.6 is 0 Å². The summed E-state index contributed by atoms with van der Waals surface area (Å²) in [6.45, 7) is 4.57. The third-order valence-corrected chi connectivity index (χ3v) is 7.46. The van der Waals surface area contributed by atoms with Crippen molar-refractivity contribution in [2.24, 2.45) is 28.6 Å². The van der Waals surface area contributed by atoms with Crippen molar-refractivity contribution in [3.63, 3.8) is 0 Å². The van der Waals surface area contributed by atoms with Gasteiger partial charge in [0.15, 0.2) is 0 Å². The summed E-state index contributed by atoms with van der Waals surface area (Å²) in [4.78, 5) is 0. The maximum absolute atomic E-state index is 10.5. The Hall–Kier alpha value is -1.06. The van der Waals surface area contributed by atoms with E-state index in [2.05, 4.69) is 26.0 Å². The number of methoxy groups -OCH3 is 1. The average Bonchev–Trinajstić information content (AvgIpc) is 2.83. The van der Waals surface area contributed by atoms with Crippen molar-refractivity contribution >= 4 is 0 Å². The molecule has 0 saturated heterocycles. The number of hydrogen-bond donors (Lipinski definition) is 2. The Morgan fingerprint density at radius 1 is 1.13 bits per heavy atom. The summed E-state index contributed by atoms with van der Waals surface area (Å²) in [5.74, 6) is 2.39. The Morgan fingerprint density at radius 2 is 1.91 bits per heavy atom. The Bertz CT molecular complexity index is 604. The quantitative estimate of drug-likeness (QED) is 0.730. The summed E-state index contributed by atoms with van der Waals surface area (Å²) in [5, 5.41) is 20.5. The number of aliphatic hydroxyl groups excluding tert-OH is 2. The molecule has 4 aliphatic carbocycles. The van der Waals surface area contributed by atoms with Crippen LogP contribution in [0.1, 0.15) is 39.5 Å². The molecule has 0 radical (unpaired) electrons. The second-order valence-corrected chi connectivity index (χ2v) is 8.38. The van der Waals surface area contributed by atoms with Crippen LogP contribution in [0, 0.1) is 28.6 Å². The highest BCUT2D eigenvalue weighted by atomic mass is 16.5. The van der Waals surface area contributed by atoms with Crippen LogP contribution in [-0.4, -0.2) is 29.5 Å². The van der Waals surface area contributed by atoms with Gasteiger partial charge in [0, 0.05) is 11.3 Å². The van der Waals surface area contributed by atoms with Gasteiger partial charge in [-0.1, -0.05) is 26.0 Å². The summed E-state index contributed by atoms with van der Waals surface area (Å²) in [6, 6.07) is 0. The van der Waals surface area contributed by atoms with Crippen LogP contribution in [0.5, 0.6) is 0 Å². The molecule has 0 aromatic rings. The minimum Gasteiger partial charge on any atom is -0.501 e. The number of ether oxygens (including phenoxy) is 1. The molecule has 2 fully saturated rings. The largest absolute Gasteiger partial charge is 0.501 e. The Balaban J connectivity index is 1.82. The Morgan fingerprint density at radius 3 is 2.65 bits per heavy atom. The van der Waals surface area contributed by atoms with Crippen molar-refractivity contribution in [2.45, 2.75) is 51.7 Å². The zero-order valence-corrected chi connectivity index (χ0v) is 14.3. The van der Waals surface area contributed by atoms with E-state index in [1.165, 1.54) is 5.57 Å². The molecule has 2 saturated carbocycles. The normalized spacial score (nSPS) is 51.3. The van der Waals surface area contributed by atoms with Crippen LogP contribution < -0.4 is 0 Å². The second-order valence-electron chi connectivity index (χ2n) is 8.38. The summed E-state index contributed by atoms with van der Waals surface area (Å²) in [5.41, 5.74) is 1.18. The number of hydrogen-bond acceptors (Lipinski definition) is 3. The first kappa shape index (κ1) is 15.5. The topological polar surface area (TPSA) is 49.7 Å². The first-order chi connectivity index (χ1) is 10.9. The van der Waals surface area contributed by atoms with E-state index < -0.39 is 6.10 Å². The molecule has 2 unspecified atom stereocenters. The molecule has 3 nitrogen and oxygen atoms in total. The predicted octanol–water partition coefficient (Wildman–Crippen LogP) is 3.20. The lowest BCUT2D eigenvalue weighted by Crippen LogP contribution is -2.50. The first-order valence-corrected chi connectivity index (χ1v) is 8.93. The highest BCUT2D eigenvalue weighted by Crippen LogP contribution is 2.64. The SMILES string of the molecule is COC1=CC2=CC(O)C=C[C@]2(C)[C@@H]2CC[C@]3(C)C(O)CC[C@H]3[C@H]12. The smallest absolute Gasteiger partial charge is 0.0995 e. The molecule has 0 heterocycles. The van der Waals surface area contributed by atoms with E-state index in [1.54, 1.807) is 7.11 Å². The monoisotopic (exact) mass is 316 g/mol. The fourth-order valence-electron chi connectivity index (χ4n) is 5.98. The summed E-state index contributed by atoms with van der Waals surface area (Å²) < 4.78 is 5.81. The zero-order chi connectivity index (χ0) is 16.4. The van der Waals surface area contributed by atoms with E-state index in [9.17, 15) is 10.2 Å². The van der Waals surface area contributed by atoms with Crippen LogP contribution in [0.2, 0.25) is 0 Å². The molecule has 3 heteroatoms. The molecule has 4 rings (SSSR count). The van der Waals surface area contributed by atoms with E-state index in [0.29, 0.717) is 17.8 Å². The molecule has 4 aliphatic rings. The number of rotatable bonds is 1. The van der Waals surface area contributed by atoms with Crippen molar-refractivity contribution in [1.29, 1.82) is 0 Å². The van der Waals surface area contributed by atoms with E-state index in [1.807, 2.05) is 12.2 Å². The molecule has 2 N–H and O–H groups in total. The molecule has 0 aromatic heterocycles. The van der Waals surface area contributed by atoms with Crippen LogP contribution in [0.25, 0.3) is 0 Å². The molecule has 7 atom stereocenters. The van der Waals surface area contributed by atoms with Gasteiger partial charge >= 0.3 is 0 Å². The Kier molecular flexibility index (Phi) is 3.34. The number of aliphatic hydroxyl groups is 2. The minimum atomic E-state index is -0.494. The van der Waals surface area contributed by atoms with E-state index in [0.717, 1.165) is 31.4 Å². The second kappa shape index (κ2) is 4.97. The third-order valence-electron chi connectivity index (χ3n) is 7.46. The van der Waals surface area contributed by atoms with Crippen molar-refractivity contribution < 1.29 is 14.9 Å². The predicted molar refractivity (Wildman–Crippen MR) is 89.5 cm³/mol. The Labute approximate surface area is 138 Å². The average molecular weight is 316 g/mol. The molecule has 0 spiro atoms. The van der Waals surface area contributed by atoms with Gasteiger partial charge in [-0.3, -0.25) is 0 Å². The molecule has 0 amide bonds. The highest BCUT2D eigenvalue weighted by Gasteiger charge is 2.59. The third kappa shape index (κ3) is 1.96. The van der Waals surface area contributed by atoms with Crippen molar-refractivity contribution in [2.75, 3.05) is 7.11 Å². The van der Waals surface area contributed by atoms with Gasteiger partial charge in [0.25, 0.3) is 0 Å². The van der Waals surface area contributed by atoms with Crippen LogP contribution in [-0.2, 0) is 4.74 Å². The van der Waals surface area contributed by atoms with Crippen LogP contribution in [0.3, 0.4) is 0 Å². The van der Waals surface area contributed by atoms with E-state index in [-0.39, 0.29) is 16.9 Å². The fourth-order valence-corrected chi connectivity index (χ4v) is 5.98. The molecule has 0 bridgehead atoms. The van der Waals surface area contributed by atoms with Crippen LogP contribution in [0.4, 0.5) is 0 Å². The van der Waals surface area contributed by atoms with Crippen LogP contribution in [0.15, 0.2) is 35.6 Å². The van der Waals surface area contributed by atoms with Gasteiger partial charge in [-0.25, -0.2) is 0 Å². The molecule has 126 valence electrons. The maximum Gasteiger partial charge on any atom is 0.0995 e. The lowest BCUT2D eigenvalue weighted by molar-refractivity contribution is -0.0559. The fraction of sp³-hybridized carbons (Fsp3) is 0.700. The lowest BCUT2D eigenvalue weighted by atomic mass is 9.49. The van der Waals surface area contributed by atoms with Gasteiger partial charge < -0.3 is 14.9 Å². The van der Waals surface area contributed by atoms with Gasteiger partial charge in [-0.15, -0.1) is 0 Å². The first-order valence-electron chi connectivity index (χ1n) is 8.93. The molecule has 0 aliphatic heterocycles. The summed E-state index contributed by atoms with van der Waals surface area (Å²) in [7, 11) is 1.76. The molecular weight excluding hydrogens is 288 g/mol. The lowest BCUT2D eigenvalue weighted by Gasteiger charge is -2.55. The molecule has 0 aromatic carbocycles. The van der Waals surface area contributed by atoms with Gasteiger partial charge in [0.05, 0.1) is 25.1 Å². The van der Waals surface area contributed by atoms with Gasteiger partial charge in [-0.2, -0.15) is 0 Å². The highest BCUT2D eigenvalue weighted by molar-refractivity contribution is 5.43.